The predicted molar refractivity (Wildman–Crippen MR) is 142 cm³/mol. The molecular formula is C30H36N2O5. The summed E-state index contributed by atoms with van der Waals surface area (Å²) in [6.45, 7) is 6.51. The molecule has 2 aromatic rings. The summed E-state index contributed by atoms with van der Waals surface area (Å²) in [4.78, 5) is 30.6. The number of nitrogens with zero attached hydrogens (tertiary/aromatic N) is 2. The van der Waals surface area contributed by atoms with Gasteiger partial charge in [0.2, 0.25) is 11.8 Å². The molecule has 1 fully saturated rings. The van der Waals surface area contributed by atoms with Gasteiger partial charge in [0.05, 0.1) is 12.3 Å². The van der Waals surface area contributed by atoms with Crippen LogP contribution in [0.25, 0.3) is 5.57 Å². The summed E-state index contributed by atoms with van der Waals surface area (Å²) in [5.74, 6) is 1.48. The number of hydrogen-bond acceptors (Lipinski definition) is 5. The van der Waals surface area contributed by atoms with Crippen LogP contribution in [0, 0.1) is 12.8 Å². The first-order chi connectivity index (χ1) is 17.9. The standard InChI is InChI=1S/C30H36N2O5/c1-4-5-6-11-28(33)32-19-24-17-25(13-12-23(24)18-27(32)30(34)35)36-15-14-26-21(3)37-29(31-26)20(2)16-22-9-7-8-10-22/h4-6,11-13,16-17,22,27H,7-10,14-15,18-19H2,1-3H3,(H,34,35)/b5-4+,11-6+,20-16-/t27-/m0/s1. The van der Waals surface area contributed by atoms with Crippen LogP contribution in [0.3, 0.4) is 0 Å². The van der Waals surface area contributed by atoms with Crippen molar-refractivity contribution in [3.8, 4) is 5.75 Å². The number of rotatable bonds is 9. The third kappa shape index (κ3) is 6.59. The first-order valence-corrected chi connectivity index (χ1v) is 13.1. The molecule has 0 radical (unpaired) electrons. The van der Waals surface area contributed by atoms with Crippen LogP contribution in [0.5, 0.6) is 5.75 Å². The van der Waals surface area contributed by atoms with E-state index in [9.17, 15) is 14.7 Å². The lowest BCUT2D eigenvalue weighted by atomic mass is 9.93. The summed E-state index contributed by atoms with van der Waals surface area (Å²) in [6, 6.07) is 4.77. The number of oxazole rings is 1. The van der Waals surface area contributed by atoms with Crippen LogP contribution in [0.15, 0.2) is 53.0 Å². The van der Waals surface area contributed by atoms with Crippen molar-refractivity contribution in [1.82, 2.24) is 9.88 Å². The number of aryl methyl sites for hydroxylation is 1. The molecule has 1 aromatic carbocycles. The van der Waals surface area contributed by atoms with Gasteiger partial charge in [0.1, 0.15) is 17.6 Å². The highest BCUT2D eigenvalue weighted by molar-refractivity contribution is 5.92. The SMILES string of the molecule is C/C=C/C=C/C(=O)N1Cc2cc(OCCc3nc(/C(C)=C\C4CCCC4)oc3C)ccc2C[C@H]1C(=O)O. The maximum atomic E-state index is 12.7. The van der Waals surface area contributed by atoms with Crippen molar-refractivity contribution >= 4 is 17.4 Å². The van der Waals surface area contributed by atoms with E-state index >= 15 is 0 Å². The van der Waals surface area contributed by atoms with Gasteiger partial charge in [-0.05, 0) is 62.8 Å². The molecule has 1 aliphatic heterocycles. The second-order valence-corrected chi connectivity index (χ2v) is 9.85. The number of benzene rings is 1. The first-order valence-electron chi connectivity index (χ1n) is 13.1. The van der Waals surface area contributed by atoms with Crippen molar-refractivity contribution in [2.24, 2.45) is 5.92 Å². The Labute approximate surface area is 218 Å². The van der Waals surface area contributed by atoms with Gasteiger partial charge in [-0.25, -0.2) is 9.78 Å². The molecule has 1 saturated carbocycles. The van der Waals surface area contributed by atoms with Gasteiger partial charge in [0.25, 0.3) is 0 Å². The van der Waals surface area contributed by atoms with E-state index in [0.717, 1.165) is 28.2 Å². The van der Waals surface area contributed by atoms with E-state index in [-0.39, 0.29) is 18.9 Å². The van der Waals surface area contributed by atoms with Crippen LogP contribution in [0.1, 0.15) is 68.0 Å². The molecular weight excluding hydrogens is 468 g/mol. The Bertz CT molecular complexity index is 1220. The molecule has 0 saturated heterocycles. The summed E-state index contributed by atoms with van der Waals surface area (Å²) >= 11 is 0. The summed E-state index contributed by atoms with van der Waals surface area (Å²) in [7, 11) is 0. The molecule has 7 nitrogen and oxygen atoms in total. The fraction of sp³-hybridized carbons (Fsp3) is 0.433. The molecule has 0 unspecified atom stereocenters. The summed E-state index contributed by atoms with van der Waals surface area (Å²) in [5.41, 5.74) is 3.80. The van der Waals surface area contributed by atoms with Gasteiger partial charge in [-0.1, -0.05) is 43.2 Å². The minimum Gasteiger partial charge on any atom is -0.493 e. The Balaban J connectivity index is 1.39. The van der Waals surface area contributed by atoms with Crippen LogP contribution in [-0.4, -0.2) is 39.5 Å². The number of carbonyl (C=O) groups is 2. The number of allylic oxidation sites excluding steroid dienone is 5. The van der Waals surface area contributed by atoms with E-state index in [4.69, 9.17) is 14.1 Å². The Morgan fingerprint density at radius 2 is 2.00 bits per heavy atom. The average Bonchev–Trinajstić information content (AvgIpc) is 3.52. The van der Waals surface area contributed by atoms with E-state index < -0.39 is 12.0 Å². The Kier molecular flexibility index (Phi) is 8.64. The molecule has 0 spiro atoms. The molecule has 1 amide bonds. The minimum atomic E-state index is -1.01. The largest absolute Gasteiger partial charge is 0.493 e. The number of amides is 1. The molecule has 4 rings (SSSR count). The van der Waals surface area contributed by atoms with Crippen molar-refractivity contribution < 1.29 is 23.8 Å². The normalized spacial score (nSPS) is 18.6. The van der Waals surface area contributed by atoms with Crippen LogP contribution < -0.4 is 4.74 Å². The molecule has 1 aliphatic carbocycles. The maximum Gasteiger partial charge on any atom is 0.326 e. The monoisotopic (exact) mass is 504 g/mol. The quantitative estimate of drug-likeness (QED) is 0.349. The first kappa shape index (κ1) is 26.5. The Morgan fingerprint density at radius 3 is 2.73 bits per heavy atom. The second kappa shape index (κ2) is 12.1. The van der Waals surface area contributed by atoms with E-state index in [0.29, 0.717) is 30.6 Å². The third-order valence-electron chi connectivity index (χ3n) is 7.14. The van der Waals surface area contributed by atoms with Gasteiger partial charge >= 0.3 is 5.97 Å². The molecule has 1 atom stereocenters. The van der Waals surface area contributed by atoms with Crippen LogP contribution in [0.2, 0.25) is 0 Å². The van der Waals surface area contributed by atoms with E-state index in [2.05, 4.69) is 13.0 Å². The number of carboxylic acids is 1. The van der Waals surface area contributed by atoms with Crippen molar-refractivity contribution in [3.63, 3.8) is 0 Å². The highest BCUT2D eigenvalue weighted by Gasteiger charge is 2.33. The van der Waals surface area contributed by atoms with E-state index in [1.807, 2.05) is 38.1 Å². The average molecular weight is 505 g/mol. The minimum absolute atomic E-state index is 0.223. The zero-order chi connectivity index (χ0) is 26.4. The zero-order valence-corrected chi connectivity index (χ0v) is 21.9. The number of hydrogen-bond donors (Lipinski definition) is 1. The zero-order valence-electron chi connectivity index (χ0n) is 21.9. The lowest BCUT2D eigenvalue weighted by Gasteiger charge is -2.34. The van der Waals surface area contributed by atoms with Crippen molar-refractivity contribution in [2.45, 2.75) is 71.9 Å². The van der Waals surface area contributed by atoms with Gasteiger partial charge < -0.3 is 19.2 Å². The number of carbonyl (C=O) groups excluding carboxylic acids is 1. The number of carboxylic acid groups (broad SMARTS) is 1. The summed E-state index contributed by atoms with van der Waals surface area (Å²) in [6.07, 6.45) is 14.8. The molecule has 1 N–H and O–H groups in total. The number of ether oxygens (including phenoxy) is 1. The van der Waals surface area contributed by atoms with Gasteiger partial charge in [-0.2, -0.15) is 0 Å². The third-order valence-corrected chi connectivity index (χ3v) is 7.14. The molecule has 196 valence electrons. The summed E-state index contributed by atoms with van der Waals surface area (Å²) in [5, 5.41) is 9.69. The van der Waals surface area contributed by atoms with Crippen molar-refractivity contribution in [3.05, 3.63) is 77.1 Å². The highest BCUT2D eigenvalue weighted by atomic mass is 16.5. The molecule has 1 aromatic heterocycles. The smallest absolute Gasteiger partial charge is 0.326 e. The van der Waals surface area contributed by atoms with Crippen molar-refractivity contribution in [1.29, 1.82) is 0 Å². The van der Waals surface area contributed by atoms with E-state index in [1.54, 1.807) is 12.2 Å². The van der Waals surface area contributed by atoms with Crippen LogP contribution in [-0.2, 0) is 29.0 Å². The highest BCUT2D eigenvalue weighted by Crippen LogP contribution is 2.30. The van der Waals surface area contributed by atoms with Gasteiger partial charge in [0.15, 0.2) is 0 Å². The number of fused-ring (bicyclic) bond motifs is 1. The molecule has 2 heterocycles. The summed E-state index contributed by atoms with van der Waals surface area (Å²) < 4.78 is 12.0. The lowest BCUT2D eigenvalue weighted by Crippen LogP contribution is -2.48. The maximum absolute atomic E-state index is 12.7. The second-order valence-electron chi connectivity index (χ2n) is 9.85. The van der Waals surface area contributed by atoms with Crippen LogP contribution >= 0.6 is 0 Å². The number of aromatic nitrogens is 1. The fourth-order valence-corrected chi connectivity index (χ4v) is 5.09. The molecule has 37 heavy (non-hydrogen) atoms. The van der Waals surface area contributed by atoms with Gasteiger partial charge in [-0.3, -0.25) is 4.79 Å². The van der Waals surface area contributed by atoms with E-state index in [1.165, 1.54) is 36.7 Å². The molecule has 2 aliphatic rings. The van der Waals surface area contributed by atoms with Gasteiger partial charge in [-0.15, -0.1) is 0 Å². The van der Waals surface area contributed by atoms with Crippen molar-refractivity contribution in [2.75, 3.05) is 6.61 Å². The predicted octanol–water partition coefficient (Wildman–Crippen LogP) is 5.67. The fourth-order valence-electron chi connectivity index (χ4n) is 5.09. The Hall–Kier alpha value is -3.61. The van der Waals surface area contributed by atoms with Crippen LogP contribution in [0.4, 0.5) is 0 Å². The van der Waals surface area contributed by atoms with Gasteiger partial charge in [0, 0.05) is 31.0 Å². The topological polar surface area (TPSA) is 92.9 Å². The Morgan fingerprint density at radius 1 is 1.22 bits per heavy atom. The molecule has 7 heteroatoms. The number of aliphatic carboxylic acids is 1. The molecule has 0 bridgehead atoms. The lowest BCUT2D eigenvalue weighted by molar-refractivity contribution is -0.149.